The molecule has 2 aromatic carbocycles. The van der Waals surface area contributed by atoms with E-state index in [1.807, 2.05) is 13.8 Å². The van der Waals surface area contributed by atoms with Crippen LogP contribution in [0.2, 0.25) is 0 Å². The zero-order valence-corrected chi connectivity index (χ0v) is 19.4. The van der Waals surface area contributed by atoms with Crippen LogP contribution in [0, 0.1) is 5.82 Å². The second-order valence-corrected chi connectivity index (χ2v) is 9.95. The van der Waals surface area contributed by atoms with Crippen LogP contribution in [0.1, 0.15) is 29.8 Å². The molecule has 0 bridgehead atoms. The summed E-state index contributed by atoms with van der Waals surface area (Å²) in [5, 5.41) is 5.36. The van der Waals surface area contributed by atoms with Crippen molar-refractivity contribution in [1.29, 1.82) is 0 Å². The molecule has 2 unspecified atom stereocenters. The standard InChI is InChI=1S/C23H28FN3O5S/c1-16-14-27(15-17(2)32-16)33(30,31)21-9-5-19(6-10-21)23(29)26-12-11-25-22(28)13-18-3-7-20(24)8-4-18/h3-10,16-17H,11-15H2,1-2H3,(H,25,28)(H,26,29). The molecule has 0 radical (unpaired) electrons. The number of hydrogen-bond acceptors (Lipinski definition) is 5. The highest BCUT2D eigenvalue weighted by molar-refractivity contribution is 7.89. The largest absolute Gasteiger partial charge is 0.373 e. The Balaban J connectivity index is 1.47. The fourth-order valence-corrected chi connectivity index (χ4v) is 5.18. The first kappa shape index (κ1) is 24.8. The smallest absolute Gasteiger partial charge is 0.251 e. The van der Waals surface area contributed by atoms with Gasteiger partial charge in [-0.1, -0.05) is 12.1 Å². The molecule has 0 aromatic heterocycles. The highest BCUT2D eigenvalue weighted by Crippen LogP contribution is 2.21. The van der Waals surface area contributed by atoms with Crippen molar-refractivity contribution in [3.8, 4) is 0 Å². The molecule has 2 N–H and O–H groups in total. The first-order valence-electron chi connectivity index (χ1n) is 10.7. The minimum absolute atomic E-state index is 0.116. The summed E-state index contributed by atoms with van der Waals surface area (Å²) in [6.45, 7) is 4.65. The van der Waals surface area contributed by atoms with Gasteiger partial charge in [0.25, 0.3) is 5.91 Å². The van der Waals surface area contributed by atoms with Gasteiger partial charge in [0.05, 0.1) is 23.5 Å². The number of carbonyl (C=O) groups excluding carboxylic acids is 2. The summed E-state index contributed by atoms with van der Waals surface area (Å²) in [6, 6.07) is 11.4. The number of benzene rings is 2. The average molecular weight is 478 g/mol. The summed E-state index contributed by atoms with van der Waals surface area (Å²) in [5.41, 5.74) is 1.00. The van der Waals surface area contributed by atoms with Crippen molar-refractivity contribution >= 4 is 21.8 Å². The lowest BCUT2D eigenvalue weighted by Gasteiger charge is -2.34. The number of nitrogens with zero attached hydrogens (tertiary/aromatic N) is 1. The Hall–Kier alpha value is -2.82. The monoisotopic (exact) mass is 477 g/mol. The van der Waals surface area contributed by atoms with Crippen LogP contribution in [0.15, 0.2) is 53.4 Å². The summed E-state index contributed by atoms with van der Waals surface area (Å²) in [7, 11) is -3.68. The van der Waals surface area contributed by atoms with Crippen LogP contribution in [0.5, 0.6) is 0 Å². The molecular formula is C23H28FN3O5S. The molecule has 1 saturated heterocycles. The Labute approximate surface area is 193 Å². The number of ether oxygens (including phenoxy) is 1. The Morgan fingerprint density at radius 1 is 0.970 bits per heavy atom. The van der Waals surface area contributed by atoms with Crippen molar-refractivity contribution in [2.75, 3.05) is 26.2 Å². The first-order chi connectivity index (χ1) is 15.6. The van der Waals surface area contributed by atoms with Gasteiger partial charge in [-0.15, -0.1) is 0 Å². The number of rotatable bonds is 8. The maximum absolute atomic E-state index is 12.9. The highest BCUT2D eigenvalue weighted by Gasteiger charge is 2.32. The van der Waals surface area contributed by atoms with Crippen LogP contribution < -0.4 is 10.6 Å². The van der Waals surface area contributed by atoms with E-state index in [0.717, 1.165) is 0 Å². The van der Waals surface area contributed by atoms with Crippen molar-refractivity contribution in [2.24, 2.45) is 0 Å². The van der Waals surface area contributed by atoms with Crippen LogP contribution in [0.3, 0.4) is 0 Å². The van der Waals surface area contributed by atoms with Crippen molar-refractivity contribution in [3.63, 3.8) is 0 Å². The summed E-state index contributed by atoms with van der Waals surface area (Å²) >= 11 is 0. The molecule has 2 atom stereocenters. The first-order valence-corrected chi connectivity index (χ1v) is 12.1. The van der Waals surface area contributed by atoms with E-state index in [-0.39, 0.29) is 67.3 Å². The molecule has 1 aliphatic rings. The number of amides is 2. The SMILES string of the molecule is CC1CN(S(=O)(=O)c2ccc(C(=O)NCCNC(=O)Cc3ccc(F)cc3)cc2)CC(C)O1. The van der Waals surface area contributed by atoms with E-state index in [1.54, 1.807) is 12.1 Å². The number of carbonyl (C=O) groups is 2. The summed E-state index contributed by atoms with van der Waals surface area (Å²) in [6.07, 6.45) is -0.264. The second-order valence-electron chi connectivity index (χ2n) is 8.01. The fourth-order valence-electron chi connectivity index (χ4n) is 3.58. The lowest BCUT2D eigenvalue weighted by atomic mass is 10.1. The minimum atomic E-state index is -3.68. The quantitative estimate of drug-likeness (QED) is 0.564. The van der Waals surface area contributed by atoms with Crippen molar-refractivity contribution in [3.05, 3.63) is 65.5 Å². The second kappa shape index (κ2) is 10.9. The van der Waals surface area contributed by atoms with E-state index in [0.29, 0.717) is 11.1 Å². The Morgan fingerprint density at radius 3 is 2.15 bits per heavy atom. The van der Waals surface area contributed by atoms with Gasteiger partial charge in [-0.3, -0.25) is 9.59 Å². The third kappa shape index (κ3) is 6.83. The van der Waals surface area contributed by atoms with E-state index in [4.69, 9.17) is 4.74 Å². The van der Waals surface area contributed by atoms with Gasteiger partial charge >= 0.3 is 0 Å². The summed E-state index contributed by atoms with van der Waals surface area (Å²) in [5.74, 6) is -0.977. The van der Waals surface area contributed by atoms with Crippen molar-refractivity contribution in [1.82, 2.24) is 14.9 Å². The molecule has 0 aliphatic carbocycles. The van der Waals surface area contributed by atoms with E-state index >= 15 is 0 Å². The summed E-state index contributed by atoms with van der Waals surface area (Å²) in [4.78, 5) is 24.4. The molecule has 1 heterocycles. The molecule has 1 fully saturated rings. The molecular weight excluding hydrogens is 449 g/mol. The number of sulfonamides is 1. The molecule has 3 rings (SSSR count). The van der Waals surface area contributed by atoms with Gasteiger partial charge in [-0.2, -0.15) is 4.31 Å². The number of morpholine rings is 1. The van der Waals surface area contributed by atoms with E-state index in [9.17, 15) is 22.4 Å². The van der Waals surface area contributed by atoms with Gasteiger partial charge in [0, 0.05) is 31.7 Å². The molecule has 178 valence electrons. The molecule has 8 nitrogen and oxygen atoms in total. The van der Waals surface area contributed by atoms with Gasteiger partial charge < -0.3 is 15.4 Å². The zero-order valence-electron chi connectivity index (χ0n) is 18.6. The molecule has 33 heavy (non-hydrogen) atoms. The fraction of sp³-hybridized carbons (Fsp3) is 0.391. The van der Waals surface area contributed by atoms with Gasteiger partial charge in [0.2, 0.25) is 15.9 Å². The maximum atomic E-state index is 12.9. The van der Waals surface area contributed by atoms with Gasteiger partial charge in [0.15, 0.2) is 0 Å². The van der Waals surface area contributed by atoms with Gasteiger partial charge in [-0.25, -0.2) is 12.8 Å². The third-order valence-electron chi connectivity index (χ3n) is 5.15. The maximum Gasteiger partial charge on any atom is 0.251 e. The molecule has 0 saturated carbocycles. The number of hydrogen-bond donors (Lipinski definition) is 2. The predicted octanol–water partition coefficient (Wildman–Crippen LogP) is 1.71. The zero-order chi connectivity index (χ0) is 24.0. The normalized spacial score (nSPS) is 19.1. The third-order valence-corrected chi connectivity index (χ3v) is 7.00. The lowest BCUT2D eigenvalue weighted by Crippen LogP contribution is -2.48. The van der Waals surface area contributed by atoms with Gasteiger partial charge in [-0.05, 0) is 55.8 Å². The number of nitrogens with one attached hydrogen (secondary N) is 2. The van der Waals surface area contributed by atoms with E-state index in [1.165, 1.54) is 40.7 Å². The van der Waals surface area contributed by atoms with Crippen LogP contribution >= 0.6 is 0 Å². The highest BCUT2D eigenvalue weighted by atomic mass is 32.2. The van der Waals surface area contributed by atoms with Crippen LogP contribution in [0.25, 0.3) is 0 Å². The summed E-state index contributed by atoms with van der Waals surface area (Å²) < 4.78 is 45.7. The van der Waals surface area contributed by atoms with E-state index in [2.05, 4.69) is 10.6 Å². The predicted molar refractivity (Wildman–Crippen MR) is 121 cm³/mol. The Kier molecular flexibility index (Phi) is 8.17. The van der Waals surface area contributed by atoms with E-state index < -0.39 is 10.0 Å². The van der Waals surface area contributed by atoms with Crippen molar-refractivity contribution < 1.29 is 27.1 Å². The van der Waals surface area contributed by atoms with Crippen LogP contribution in [-0.2, 0) is 26.0 Å². The molecule has 2 aromatic rings. The van der Waals surface area contributed by atoms with Crippen molar-refractivity contribution in [2.45, 2.75) is 37.4 Å². The average Bonchev–Trinajstić information content (AvgIpc) is 2.77. The molecule has 2 amide bonds. The molecule has 0 spiro atoms. The topological polar surface area (TPSA) is 105 Å². The minimum Gasteiger partial charge on any atom is -0.373 e. The van der Waals surface area contributed by atoms with Gasteiger partial charge in [0.1, 0.15) is 5.82 Å². The molecule has 10 heteroatoms. The van der Waals surface area contributed by atoms with Crippen LogP contribution in [-0.4, -0.2) is 62.9 Å². The Bertz CT molecular complexity index is 1060. The van der Waals surface area contributed by atoms with Crippen LogP contribution in [0.4, 0.5) is 4.39 Å². The number of halogens is 1. The lowest BCUT2D eigenvalue weighted by molar-refractivity contribution is -0.120. The Morgan fingerprint density at radius 2 is 1.55 bits per heavy atom. The molecule has 1 aliphatic heterocycles.